The van der Waals surface area contributed by atoms with Gasteiger partial charge in [0, 0.05) is 38.1 Å². The normalized spacial score (nSPS) is 23.5. The molecule has 134 valence electrons. The lowest BCUT2D eigenvalue weighted by Gasteiger charge is -2.42. The molecule has 2 aliphatic heterocycles. The van der Waals surface area contributed by atoms with Gasteiger partial charge in [0.2, 0.25) is 0 Å². The molecule has 0 unspecified atom stereocenters. The molecule has 2 amide bonds. The fourth-order valence-electron chi connectivity index (χ4n) is 3.67. The maximum absolute atomic E-state index is 13.2. The summed E-state index contributed by atoms with van der Waals surface area (Å²) in [6.07, 6.45) is 6.05. The van der Waals surface area contributed by atoms with Gasteiger partial charge in [0.25, 0.3) is 11.8 Å². The molecular formula is C20H21N3O3. The Morgan fingerprint density at radius 3 is 2.96 bits per heavy atom. The standard InChI is InChI=1S/C20H21N3O3/c1-22-11-5-4-9-20(19(22)25)14-23(12-13-26-20)18(24)17-16-7-3-2-6-15(16)8-10-21-17/h2-8,10H,9,11-14H2,1H3/t20-/m1/s1. The molecule has 6 heteroatoms. The Hall–Kier alpha value is -2.73. The number of rotatable bonds is 1. The van der Waals surface area contributed by atoms with Crippen molar-refractivity contribution >= 4 is 22.6 Å². The van der Waals surface area contributed by atoms with Gasteiger partial charge in [0.05, 0.1) is 13.2 Å². The van der Waals surface area contributed by atoms with Crippen LogP contribution in [0.1, 0.15) is 16.9 Å². The highest BCUT2D eigenvalue weighted by molar-refractivity contribution is 6.05. The highest BCUT2D eigenvalue weighted by Gasteiger charge is 2.46. The van der Waals surface area contributed by atoms with Gasteiger partial charge >= 0.3 is 0 Å². The van der Waals surface area contributed by atoms with E-state index in [1.54, 1.807) is 23.0 Å². The second-order valence-electron chi connectivity index (χ2n) is 6.81. The molecule has 0 N–H and O–H groups in total. The quantitative estimate of drug-likeness (QED) is 0.736. The summed E-state index contributed by atoms with van der Waals surface area (Å²) in [7, 11) is 1.76. The number of pyridine rings is 1. The zero-order chi connectivity index (χ0) is 18.1. The summed E-state index contributed by atoms with van der Waals surface area (Å²) in [6.45, 7) is 1.59. The van der Waals surface area contributed by atoms with E-state index >= 15 is 0 Å². The maximum atomic E-state index is 13.2. The molecule has 1 atom stereocenters. The first-order valence-electron chi connectivity index (χ1n) is 8.78. The Morgan fingerprint density at radius 2 is 2.08 bits per heavy atom. The lowest BCUT2D eigenvalue weighted by Crippen LogP contribution is -2.60. The first kappa shape index (κ1) is 16.7. The van der Waals surface area contributed by atoms with Crippen molar-refractivity contribution in [2.45, 2.75) is 12.0 Å². The average Bonchev–Trinajstić information content (AvgIpc) is 2.81. The van der Waals surface area contributed by atoms with E-state index in [1.807, 2.05) is 42.5 Å². The van der Waals surface area contributed by atoms with Crippen molar-refractivity contribution in [1.82, 2.24) is 14.8 Å². The fraction of sp³-hybridized carbons (Fsp3) is 0.350. The number of amides is 2. The van der Waals surface area contributed by atoms with Crippen molar-refractivity contribution in [1.29, 1.82) is 0 Å². The summed E-state index contributed by atoms with van der Waals surface area (Å²) < 4.78 is 5.92. The fourth-order valence-corrected chi connectivity index (χ4v) is 3.67. The molecule has 1 aromatic heterocycles. The van der Waals surface area contributed by atoms with Crippen LogP contribution in [0.3, 0.4) is 0 Å². The molecule has 3 heterocycles. The number of fused-ring (bicyclic) bond motifs is 1. The van der Waals surface area contributed by atoms with Crippen LogP contribution in [0, 0.1) is 0 Å². The molecule has 0 saturated carbocycles. The van der Waals surface area contributed by atoms with Gasteiger partial charge in [-0.15, -0.1) is 0 Å². The van der Waals surface area contributed by atoms with E-state index in [2.05, 4.69) is 4.98 Å². The summed E-state index contributed by atoms with van der Waals surface area (Å²) in [6, 6.07) is 9.59. The van der Waals surface area contributed by atoms with Gasteiger partial charge in [-0.1, -0.05) is 36.4 Å². The molecule has 2 aliphatic rings. The first-order valence-corrected chi connectivity index (χ1v) is 8.78. The Bertz CT molecular complexity index is 890. The first-order chi connectivity index (χ1) is 12.6. The van der Waals surface area contributed by atoms with Crippen LogP contribution in [0.25, 0.3) is 10.8 Å². The topological polar surface area (TPSA) is 62.7 Å². The van der Waals surface area contributed by atoms with Crippen LogP contribution < -0.4 is 0 Å². The Kier molecular flexibility index (Phi) is 4.20. The smallest absolute Gasteiger partial charge is 0.273 e. The Labute approximate surface area is 152 Å². The van der Waals surface area contributed by atoms with E-state index in [0.717, 1.165) is 10.8 Å². The molecule has 1 saturated heterocycles. The van der Waals surface area contributed by atoms with Crippen LogP contribution >= 0.6 is 0 Å². The SMILES string of the molecule is CN1CC=CC[C@@]2(CN(C(=O)c3nccc4ccccc34)CCO2)C1=O. The van der Waals surface area contributed by atoms with Crippen LogP contribution in [0.2, 0.25) is 0 Å². The summed E-state index contributed by atoms with van der Waals surface area (Å²) in [4.78, 5) is 33.7. The van der Waals surface area contributed by atoms with Crippen molar-refractivity contribution in [2.24, 2.45) is 0 Å². The molecule has 0 radical (unpaired) electrons. The van der Waals surface area contributed by atoms with Crippen LogP contribution in [-0.4, -0.2) is 65.5 Å². The Balaban J connectivity index is 1.66. The van der Waals surface area contributed by atoms with Gasteiger partial charge in [0.1, 0.15) is 5.69 Å². The minimum absolute atomic E-state index is 0.0779. The van der Waals surface area contributed by atoms with E-state index in [1.165, 1.54) is 0 Å². The van der Waals surface area contributed by atoms with E-state index < -0.39 is 5.60 Å². The number of hydrogen-bond donors (Lipinski definition) is 0. The lowest BCUT2D eigenvalue weighted by atomic mass is 9.95. The molecule has 2 aromatic rings. The molecular weight excluding hydrogens is 330 g/mol. The third-order valence-electron chi connectivity index (χ3n) is 5.08. The number of hydrogen-bond acceptors (Lipinski definition) is 4. The molecule has 1 aromatic carbocycles. The van der Waals surface area contributed by atoms with Gasteiger partial charge in [-0.05, 0) is 11.5 Å². The summed E-state index contributed by atoms with van der Waals surface area (Å²) >= 11 is 0. The summed E-state index contributed by atoms with van der Waals surface area (Å²) in [5, 5.41) is 1.80. The van der Waals surface area contributed by atoms with Gasteiger partial charge in [-0.25, -0.2) is 0 Å². The number of aromatic nitrogens is 1. The highest BCUT2D eigenvalue weighted by atomic mass is 16.5. The summed E-state index contributed by atoms with van der Waals surface area (Å²) in [5.74, 6) is -0.237. The van der Waals surface area contributed by atoms with Crippen LogP contribution in [0.4, 0.5) is 0 Å². The van der Waals surface area contributed by atoms with Crippen LogP contribution in [-0.2, 0) is 9.53 Å². The minimum atomic E-state index is -1.000. The number of carbonyl (C=O) groups excluding carboxylic acids is 2. The highest BCUT2D eigenvalue weighted by Crippen LogP contribution is 2.28. The van der Waals surface area contributed by atoms with Crippen molar-refractivity contribution < 1.29 is 14.3 Å². The second kappa shape index (κ2) is 6.53. The summed E-state index contributed by atoms with van der Waals surface area (Å²) in [5.41, 5.74) is -0.578. The maximum Gasteiger partial charge on any atom is 0.273 e. The predicted octanol–water partition coefficient (Wildman–Crippen LogP) is 1.86. The molecule has 0 aliphatic carbocycles. The number of benzene rings is 1. The van der Waals surface area contributed by atoms with E-state index in [0.29, 0.717) is 31.8 Å². The molecule has 0 bridgehead atoms. The van der Waals surface area contributed by atoms with E-state index in [4.69, 9.17) is 4.74 Å². The van der Waals surface area contributed by atoms with Crippen molar-refractivity contribution in [3.05, 3.63) is 54.4 Å². The Morgan fingerprint density at radius 1 is 1.23 bits per heavy atom. The number of nitrogens with zero attached hydrogens (tertiary/aromatic N) is 3. The largest absolute Gasteiger partial charge is 0.361 e. The van der Waals surface area contributed by atoms with Crippen molar-refractivity contribution in [2.75, 3.05) is 33.3 Å². The number of likely N-dealkylation sites (N-methyl/N-ethyl adjacent to an activating group) is 1. The monoisotopic (exact) mass is 351 g/mol. The molecule has 1 spiro atoms. The van der Waals surface area contributed by atoms with E-state index in [9.17, 15) is 9.59 Å². The van der Waals surface area contributed by atoms with Crippen LogP contribution in [0.5, 0.6) is 0 Å². The molecule has 26 heavy (non-hydrogen) atoms. The second-order valence-corrected chi connectivity index (χ2v) is 6.81. The van der Waals surface area contributed by atoms with Gasteiger partial charge in [-0.2, -0.15) is 0 Å². The zero-order valence-corrected chi connectivity index (χ0v) is 14.7. The molecule has 4 rings (SSSR count). The van der Waals surface area contributed by atoms with Crippen molar-refractivity contribution in [3.63, 3.8) is 0 Å². The van der Waals surface area contributed by atoms with Gasteiger partial charge in [0.15, 0.2) is 5.60 Å². The minimum Gasteiger partial charge on any atom is -0.361 e. The number of morpholine rings is 1. The average molecular weight is 351 g/mol. The molecule has 1 fully saturated rings. The van der Waals surface area contributed by atoms with Crippen molar-refractivity contribution in [3.8, 4) is 0 Å². The van der Waals surface area contributed by atoms with Gasteiger partial charge < -0.3 is 14.5 Å². The third kappa shape index (κ3) is 2.76. The van der Waals surface area contributed by atoms with E-state index in [-0.39, 0.29) is 18.4 Å². The predicted molar refractivity (Wildman–Crippen MR) is 97.7 cm³/mol. The number of carbonyl (C=O) groups is 2. The third-order valence-corrected chi connectivity index (χ3v) is 5.08. The number of ether oxygens (including phenoxy) is 1. The lowest BCUT2D eigenvalue weighted by molar-refractivity contribution is -0.165. The molecule has 6 nitrogen and oxygen atoms in total. The van der Waals surface area contributed by atoms with Gasteiger partial charge in [-0.3, -0.25) is 14.6 Å². The van der Waals surface area contributed by atoms with Crippen LogP contribution in [0.15, 0.2) is 48.7 Å². The zero-order valence-electron chi connectivity index (χ0n) is 14.7.